The molecule has 152 valence electrons. The molecule has 1 N–H and O–H groups in total. The Labute approximate surface area is 173 Å². The van der Waals surface area contributed by atoms with E-state index in [-0.39, 0.29) is 17.6 Å². The van der Waals surface area contributed by atoms with Crippen molar-refractivity contribution in [1.29, 1.82) is 0 Å². The lowest BCUT2D eigenvalue weighted by molar-refractivity contribution is 0.0861. The molecule has 0 spiro atoms. The number of hydrogen-bond acceptors (Lipinski definition) is 5. The number of carbonyl (C=O) groups is 1. The Morgan fingerprint density at radius 2 is 1.87 bits per heavy atom. The molecule has 0 aliphatic rings. The Morgan fingerprint density at radius 1 is 1.10 bits per heavy atom. The fourth-order valence-electron chi connectivity index (χ4n) is 3.26. The summed E-state index contributed by atoms with van der Waals surface area (Å²) in [7, 11) is 0. The van der Waals surface area contributed by atoms with Crippen LogP contribution >= 0.6 is 0 Å². The standard InChI is InChI=1S/C23H21FN4O2/c1-2-19(17-7-4-3-5-8-17)22(29)28-23(25-15-16-10-12-18(24)13-11-16)26-21(27-28)20-9-6-14-30-20/h3-14,19H,2,15H2,1H3,(H,25,26,27). The minimum atomic E-state index is -0.358. The summed E-state index contributed by atoms with van der Waals surface area (Å²) < 4.78 is 19.9. The highest BCUT2D eigenvalue weighted by Gasteiger charge is 2.26. The maximum atomic E-state index is 13.4. The van der Waals surface area contributed by atoms with Crippen molar-refractivity contribution in [2.24, 2.45) is 0 Å². The summed E-state index contributed by atoms with van der Waals surface area (Å²) in [5.41, 5.74) is 1.78. The molecule has 0 saturated heterocycles. The largest absolute Gasteiger partial charge is 0.461 e. The Bertz CT molecular complexity index is 1110. The average Bonchev–Trinajstić information content (AvgIpc) is 3.44. The van der Waals surface area contributed by atoms with Crippen LogP contribution in [-0.2, 0) is 6.54 Å². The highest BCUT2D eigenvalue weighted by atomic mass is 19.1. The van der Waals surface area contributed by atoms with Crippen LogP contribution in [0.15, 0.2) is 77.4 Å². The number of rotatable bonds is 7. The van der Waals surface area contributed by atoms with E-state index in [2.05, 4.69) is 15.4 Å². The zero-order valence-corrected chi connectivity index (χ0v) is 16.5. The molecule has 30 heavy (non-hydrogen) atoms. The van der Waals surface area contributed by atoms with Crippen molar-refractivity contribution < 1.29 is 13.6 Å². The van der Waals surface area contributed by atoms with Crippen molar-refractivity contribution in [3.8, 4) is 11.6 Å². The van der Waals surface area contributed by atoms with Gasteiger partial charge in [0, 0.05) is 6.54 Å². The molecule has 1 atom stereocenters. The number of benzene rings is 2. The molecule has 0 bridgehead atoms. The Balaban J connectivity index is 1.66. The second kappa shape index (κ2) is 8.73. The van der Waals surface area contributed by atoms with Gasteiger partial charge in [0.15, 0.2) is 5.76 Å². The second-order valence-electron chi connectivity index (χ2n) is 6.84. The Kier molecular flexibility index (Phi) is 5.70. The van der Waals surface area contributed by atoms with Crippen molar-refractivity contribution in [3.63, 3.8) is 0 Å². The van der Waals surface area contributed by atoms with Crippen molar-refractivity contribution in [3.05, 3.63) is 89.9 Å². The van der Waals surface area contributed by atoms with Gasteiger partial charge in [0.1, 0.15) is 5.82 Å². The highest BCUT2D eigenvalue weighted by Crippen LogP contribution is 2.25. The number of halogens is 1. The molecular weight excluding hydrogens is 383 g/mol. The number of aromatic nitrogens is 3. The van der Waals surface area contributed by atoms with E-state index in [0.717, 1.165) is 11.1 Å². The molecule has 4 aromatic rings. The molecule has 0 aliphatic carbocycles. The Morgan fingerprint density at radius 3 is 2.53 bits per heavy atom. The van der Waals surface area contributed by atoms with Gasteiger partial charge in [0.25, 0.3) is 5.91 Å². The minimum absolute atomic E-state index is 0.185. The third-order valence-electron chi connectivity index (χ3n) is 4.83. The number of nitrogens with zero attached hydrogens (tertiary/aromatic N) is 3. The summed E-state index contributed by atoms with van der Waals surface area (Å²) in [6.07, 6.45) is 2.15. The molecule has 2 aromatic carbocycles. The van der Waals surface area contributed by atoms with Gasteiger partial charge in [-0.2, -0.15) is 9.67 Å². The molecule has 4 rings (SSSR count). The summed E-state index contributed by atoms with van der Waals surface area (Å²) in [4.78, 5) is 17.8. The van der Waals surface area contributed by atoms with Crippen molar-refractivity contribution in [1.82, 2.24) is 14.8 Å². The second-order valence-corrected chi connectivity index (χ2v) is 6.84. The quantitative estimate of drug-likeness (QED) is 0.463. The lowest BCUT2D eigenvalue weighted by atomic mass is 9.96. The first-order valence-corrected chi connectivity index (χ1v) is 9.74. The van der Waals surface area contributed by atoms with E-state index in [4.69, 9.17) is 4.42 Å². The number of hydrogen-bond donors (Lipinski definition) is 1. The van der Waals surface area contributed by atoms with Crippen molar-refractivity contribution in [2.75, 3.05) is 5.32 Å². The van der Waals surface area contributed by atoms with Gasteiger partial charge in [0.05, 0.1) is 12.2 Å². The first-order valence-electron chi connectivity index (χ1n) is 9.74. The van der Waals surface area contributed by atoms with Gasteiger partial charge in [-0.15, -0.1) is 5.10 Å². The summed E-state index contributed by atoms with van der Waals surface area (Å²) in [5, 5.41) is 7.56. The zero-order chi connectivity index (χ0) is 20.9. The first kappa shape index (κ1) is 19.6. The number of nitrogens with one attached hydrogen (secondary N) is 1. The van der Waals surface area contributed by atoms with Gasteiger partial charge in [-0.3, -0.25) is 4.79 Å². The molecular formula is C23H21FN4O2. The van der Waals surface area contributed by atoms with E-state index in [0.29, 0.717) is 30.5 Å². The normalized spacial score (nSPS) is 11.9. The SMILES string of the molecule is CCC(C(=O)n1nc(-c2ccco2)nc1NCc1ccc(F)cc1)c1ccccc1. The minimum Gasteiger partial charge on any atom is -0.461 e. The topological polar surface area (TPSA) is 73.0 Å². The molecule has 0 saturated carbocycles. The molecule has 1 unspecified atom stereocenters. The molecule has 6 nitrogen and oxygen atoms in total. The first-order chi connectivity index (χ1) is 14.7. The maximum absolute atomic E-state index is 13.4. The van der Waals surface area contributed by atoms with E-state index in [1.807, 2.05) is 37.3 Å². The maximum Gasteiger partial charge on any atom is 0.257 e. The van der Waals surface area contributed by atoms with E-state index in [9.17, 15) is 9.18 Å². The van der Waals surface area contributed by atoms with E-state index in [1.54, 1.807) is 24.3 Å². The van der Waals surface area contributed by atoms with Crippen LogP contribution in [0.4, 0.5) is 10.3 Å². The van der Waals surface area contributed by atoms with E-state index in [1.165, 1.54) is 23.1 Å². The van der Waals surface area contributed by atoms with Gasteiger partial charge in [-0.25, -0.2) is 4.39 Å². The molecule has 0 fully saturated rings. The van der Waals surface area contributed by atoms with Crippen LogP contribution in [0.25, 0.3) is 11.6 Å². The number of anilines is 1. The molecule has 0 aliphatic heterocycles. The Hall–Kier alpha value is -3.74. The fraction of sp³-hybridized carbons (Fsp3) is 0.174. The van der Waals surface area contributed by atoms with Crippen LogP contribution in [0.3, 0.4) is 0 Å². The van der Waals surface area contributed by atoms with Crippen molar-refractivity contribution >= 4 is 11.9 Å². The molecule has 0 radical (unpaired) electrons. The molecule has 0 amide bonds. The van der Waals surface area contributed by atoms with Crippen LogP contribution in [0.5, 0.6) is 0 Å². The lowest BCUT2D eigenvalue weighted by Crippen LogP contribution is -2.23. The number of furan rings is 1. The predicted octanol–water partition coefficient (Wildman–Crippen LogP) is 5.12. The van der Waals surface area contributed by atoms with Gasteiger partial charge in [-0.1, -0.05) is 49.4 Å². The number of carbonyl (C=O) groups excluding carboxylic acids is 1. The molecule has 2 heterocycles. The summed E-state index contributed by atoms with van der Waals surface area (Å²) in [5.74, 6) is 0.257. The van der Waals surface area contributed by atoms with E-state index >= 15 is 0 Å². The van der Waals surface area contributed by atoms with Crippen LogP contribution in [0.2, 0.25) is 0 Å². The summed E-state index contributed by atoms with van der Waals surface area (Å²) in [6.45, 7) is 2.33. The smallest absolute Gasteiger partial charge is 0.257 e. The van der Waals surface area contributed by atoms with E-state index < -0.39 is 0 Å². The molecule has 7 heteroatoms. The zero-order valence-electron chi connectivity index (χ0n) is 16.5. The fourth-order valence-corrected chi connectivity index (χ4v) is 3.26. The van der Waals surface area contributed by atoms with Crippen LogP contribution in [0.1, 0.15) is 35.2 Å². The van der Waals surface area contributed by atoms with Gasteiger partial charge in [-0.05, 0) is 41.8 Å². The predicted molar refractivity (Wildman–Crippen MR) is 112 cm³/mol. The molecule has 2 aromatic heterocycles. The third kappa shape index (κ3) is 4.15. The third-order valence-corrected chi connectivity index (χ3v) is 4.83. The van der Waals surface area contributed by atoms with Gasteiger partial charge >= 0.3 is 0 Å². The highest BCUT2D eigenvalue weighted by molar-refractivity contribution is 5.87. The monoisotopic (exact) mass is 404 g/mol. The average molecular weight is 404 g/mol. The van der Waals surface area contributed by atoms with Gasteiger partial charge < -0.3 is 9.73 Å². The van der Waals surface area contributed by atoms with Crippen LogP contribution < -0.4 is 5.32 Å². The van der Waals surface area contributed by atoms with Crippen LogP contribution in [-0.4, -0.2) is 20.7 Å². The summed E-state index contributed by atoms with van der Waals surface area (Å²) >= 11 is 0. The summed E-state index contributed by atoms with van der Waals surface area (Å²) in [6, 6.07) is 19.2. The van der Waals surface area contributed by atoms with Gasteiger partial charge in [0.2, 0.25) is 11.8 Å². The lowest BCUT2D eigenvalue weighted by Gasteiger charge is -2.15. The van der Waals surface area contributed by atoms with Crippen LogP contribution in [0, 0.1) is 5.82 Å². The van der Waals surface area contributed by atoms with Crippen molar-refractivity contribution in [2.45, 2.75) is 25.8 Å².